The Kier molecular flexibility index (Phi) is 6.47. The van der Waals surface area contributed by atoms with Gasteiger partial charge in [-0.1, -0.05) is 12.1 Å². The van der Waals surface area contributed by atoms with Crippen molar-refractivity contribution in [3.63, 3.8) is 0 Å². The molecule has 1 aromatic carbocycles. The number of sulfonamides is 1. The van der Waals surface area contributed by atoms with Crippen LogP contribution in [0.15, 0.2) is 35.4 Å². The van der Waals surface area contributed by atoms with Gasteiger partial charge in [-0.05, 0) is 38.8 Å². The smallest absolute Gasteiger partial charge is 0.345 e. The molecule has 33 heavy (non-hydrogen) atoms. The van der Waals surface area contributed by atoms with Crippen LogP contribution >= 0.6 is 0 Å². The fourth-order valence-electron chi connectivity index (χ4n) is 4.63. The van der Waals surface area contributed by atoms with Gasteiger partial charge in [-0.25, -0.2) is 22.3 Å². The molecule has 1 aliphatic heterocycles. The highest BCUT2D eigenvalue weighted by atomic mass is 32.2. The minimum Gasteiger partial charge on any atom is -0.476 e. The fourth-order valence-corrected chi connectivity index (χ4v) is 6.36. The molecule has 1 unspecified atom stereocenters. The Balaban J connectivity index is 1.24. The summed E-state index contributed by atoms with van der Waals surface area (Å²) >= 11 is 0. The number of ether oxygens (including phenoxy) is 2. The molecule has 2 aromatic rings. The van der Waals surface area contributed by atoms with Crippen molar-refractivity contribution in [2.45, 2.75) is 43.7 Å². The van der Waals surface area contributed by atoms with Gasteiger partial charge in [0.05, 0.1) is 12.8 Å². The molecule has 4 rings (SSSR count). The van der Waals surface area contributed by atoms with Crippen molar-refractivity contribution in [2.24, 2.45) is 12.5 Å². The van der Waals surface area contributed by atoms with Crippen molar-refractivity contribution in [1.29, 1.82) is 0 Å². The molecule has 0 bridgehead atoms. The molecule has 180 valence electrons. The van der Waals surface area contributed by atoms with E-state index in [2.05, 4.69) is 10.4 Å². The second kappa shape index (κ2) is 9.03. The molecule has 1 aliphatic carbocycles. The Morgan fingerprint density at radius 3 is 2.70 bits per heavy atom. The Labute approximate surface area is 192 Å². The average molecular weight is 481 g/mol. The van der Waals surface area contributed by atoms with Gasteiger partial charge < -0.3 is 14.8 Å². The first-order chi connectivity index (χ1) is 15.6. The Morgan fingerprint density at radius 2 is 2.03 bits per heavy atom. The number of aromatic nitrogens is 2. The van der Waals surface area contributed by atoms with Gasteiger partial charge in [0, 0.05) is 37.6 Å². The number of carbonyl (C=O) groups is 1. The molecule has 0 amide bonds. The lowest BCUT2D eigenvalue weighted by Gasteiger charge is -2.58. The summed E-state index contributed by atoms with van der Waals surface area (Å²) in [5.41, 5.74) is 0.246. The number of halogens is 1. The van der Waals surface area contributed by atoms with Gasteiger partial charge in [-0.15, -0.1) is 0 Å². The number of nitrogens with zero attached hydrogens (tertiary/aromatic N) is 3. The minimum absolute atomic E-state index is 0.00984. The summed E-state index contributed by atoms with van der Waals surface area (Å²) in [6.07, 6.45) is 3.12. The number of aryl methyl sites for hydroxylation is 1. The number of rotatable bonds is 9. The van der Waals surface area contributed by atoms with Gasteiger partial charge >= 0.3 is 5.97 Å². The molecule has 1 atom stereocenters. The highest BCUT2D eigenvalue weighted by molar-refractivity contribution is 7.89. The predicted octanol–water partition coefficient (Wildman–Crippen LogP) is 1.95. The van der Waals surface area contributed by atoms with Crippen LogP contribution in [0.25, 0.3) is 0 Å². The first kappa shape index (κ1) is 23.7. The minimum atomic E-state index is -3.80. The monoisotopic (exact) mass is 480 g/mol. The lowest BCUT2D eigenvalue weighted by Crippen LogP contribution is -2.67. The molecule has 1 spiro atoms. The first-order valence-electron chi connectivity index (χ1n) is 11.0. The van der Waals surface area contributed by atoms with E-state index in [9.17, 15) is 17.6 Å². The Bertz CT molecular complexity index is 1120. The second-order valence-corrected chi connectivity index (χ2v) is 10.8. The summed E-state index contributed by atoms with van der Waals surface area (Å²) < 4.78 is 53.0. The maximum Gasteiger partial charge on any atom is 0.345 e. The zero-order valence-corrected chi connectivity index (χ0v) is 19.8. The molecule has 1 saturated carbocycles. The molecule has 1 N–H and O–H groups in total. The summed E-state index contributed by atoms with van der Waals surface area (Å²) in [5, 5.41) is 7.56. The molecule has 11 heteroatoms. The molecule has 2 aliphatic rings. The van der Waals surface area contributed by atoms with E-state index < -0.39 is 21.8 Å². The second-order valence-electron chi connectivity index (χ2n) is 8.89. The van der Waals surface area contributed by atoms with Crippen LogP contribution in [0.1, 0.15) is 37.0 Å². The zero-order valence-electron chi connectivity index (χ0n) is 19.0. The van der Waals surface area contributed by atoms with E-state index in [0.29, 0.717) is 31.1 Å². The molecule has 0 radical (unpaired) electrons. The number of carbonyl (C=O) groups excluding carboxylic acids is 1. The first-order valence-corrected chi connectivity index (χ1v) is 12.4. The third-order valence-corrected chi connectivity index (χ3v) is 8.03. The van der Waals surface area contributed by atoms with Crippen LogP contribution in [0.5, 0.6) is 5.88 Å². The van der Waals surface area contributed by atoms with Crippen LogP contribution in [0.3, 0.4) is 0 Å². The highest BCUT2D eigenvalue weighted by Gasteiger charge is 2.55. The van der Waals surface area contributed by atoms with Crippen molar-refractivity contribution >= 4 is 16.0 Å². The van der Waals surface area contributed by atoms with Gasteiger partial charge in [0.25, 0.3) is 0 Å². The van der Waals surface area contributed by atoms with E-state index in [0.717, 1.165) is 18.9 Å². The van der Waals surface area contributed by atoms with Crippen molar-refractivity contribution in [3.8, 4) is 5.88 Å². The summed E-state index contributed by atoms with van der Waals surface area (Å²) in [4.78, 5) is 11.8. The third-order valence-electron chi connectivity index (χ3n) is 6.21. The van der Waals surface area contributed by atoms with Crippen LogP contribution in [-0.2, 0) is 21.8 Å². The molecular formula is C22H29FN4O5S. The molecule has 1 aromatic heterocycles. The van der Waals surface area contributed by atoms with Crippen LogP contribution < -0.4 is 10.1 Å². The molecule has 9 nitrogen and oxygen atoms in total. The number of nitrogens with one attached hydrogen (secondary N) is 1. The zero-order chi connectivity index (χ0) is 23.8. The lowest BCUT2D eigenvalue weighted by atomic mass is 9.61. The SMILES string of the molecule is CCOC(=O)c1cnn(C)c1OCC(C)NC1CC2(C1)CN(S(=O)(=O)c1ccccc1F)C2. The van der Waals surface area contributed by atoms with Crippen LogP contribution in [-0.4, -0.2) is 66.9 Å². The summed E-state index contributed by atoms with van der Waals surface area (Å²) in [6, 6.07) is 5.73. The number of hydrogen-bond acceptors (Lipinski definition) is 7. The van der Waals surface area contributed by atoms with Crippen molar-refractivity contribution in [3.05, 3.63) is 41.8 Å². The van der Waals surface area contributed by atoms with E-state index in [1.165, 1.54) is 33.4 Å². The standard InChI is InChI=1S/C22H29FN4O5S/c1-4-31-21(28)17-11-24-26(3)20(17)32-12-15(2)25-16-9-22(10-16)13-27(14-22)33(29,30)19-8-6-5-7-18(19)23/h5-8,11,15-16,25H,4,9-10,12-14H2,1-3H3. The Morgan fingerprint density at radius 1 is 1.33 bits per heavy atom. The fraction of sp³-hybridized carbons (Fsp3) is 0.545. The van der Waals surface area contributed by atoms with E-state index in [1.54, 1.807) is 14.0 Å². The van der Waals surface area contributed by atoms with Crippen LogP contribution in [0.2, 0.25) is 0 Å². The van der Waals surface area contributed by atoms with E-state index >= 15 is 0 Å². The third kappa shape index (κ3) is 4.62. The van der Waals surface area contributed by atoms with Gasteiger partial charge in [0.2, 0.25) is 15.9 Å². The average Bonchev–Trinajstić information content (AvgIpc) is 3.08. The lowest BCUT2D eigenvalue weighted by molar-refractivity contribution is -0.0375. The molecule has 2 heterocycles. The van der Waals surface area contributed by atoms with Gasteiger partial charge in [0.15, 0.2) is 0 Å². The maximum absolute atomic E-state index is 13.9. The molecular weight excluding hydrogens is 451 g/mol. The van der Waals surface area contributed by atoms with E-state index in [-0.39, 0.29) is 29.0 Å². The van der Waals surface area contributed by atoms with Gasteiger partial charge in [-0.2, -0.15) is 9.40 Å². The Hall–Kier alpha value is -2.50. The quantitative estimate of drug-likeness (QED) is 0.547. The van der Waals surface area contributed by atoms with Crippen molar-refractivity contribution in [2.75, 3.05) is 26.3 Å². The van der Waals surface area contributed by atoms with Gasteiger partial charge in [0.1, 0.15) is 22.9 Å². The molecule has 1 saturated heterocycles. The highest BCUT2D eigenvalue weighted by Crippen LogP contribution is 2.50. The number of hydrogen-bond donors (Lipinski definition) is 1. The van der Waals surface area contributed by atoms with Crippen LogP contribution in [0, 0.1) is 11.2 Å². The van der Waals surface area contributed by atoms with E-state index in [4.69, 9.17) is 9.47 Å². The van der Waals surface area contributed by atoms with Crippen molar-refractivity contribution < 1.29 is 27.1 Å². The summed E-state index contributed by atoms with van der Waals surface area (Å²) in [6.45, 7) is 5.15. The number of esters is 1. The maximum atomic E-state index is 13.9. The summed E-state index contributed by atoms with van der Waals surface area (Å²) in [5.74, 6) is -0.831. The topological polar surface area (TPSA) is 103 Å². The largest absolute Gasteiger partial charge is 0.476 e. The van der Waals surface area contributed by atoms with E-state index in [1.807, 2.05) is 6.92 Å². The number of benzene rings is 1. The summed E-state index contributed by atoms with van der Waals surface area (Å²) in [7, 11) is -2.10. The van der Waals surface area contributed by atoms with Crippen molar-refractivity contribution in [1.82, 2.24) is 19.4 Å². The normalized spacial score (nSPS) is 19.0. The van der Waals surface area contributed by atoms with Gasteiger partial charge in [-0.3, -0.25) is 0 Å². The molecule has 2 fully saturated rings. The predicted molar refractivity (Wildman–Crippen MR) is 118 cm³/mol. The van der Waals surface area contributed by atoms with Crippen LogP contribution in [0.4, 0.5) is 4.39 Å².